The van der Waals surface area contributed by atoms with Crippen molar-refractivity contribution in [1.82, 2.24) is 15.0 Å². The Bertz CT molecular complexity index is 749. The third kappa shape index (κ3) is 4.67. The summed E-state index contributed by atoms with van der Waals surface area (Å²) in [4.78, 5) is 28.5. The van der Waals surface area contributed by atoms with Crippen LogP contribution < -0.4 is 0 Å². The molecule has 2 aromatic rings. The molecule has 0 saturated carbocycles. The van der Waals surface area contributed by atoms with Crippen molar-refractivity contribution in [2.24, 2.45) is 0 Å². The van der Waals surface area contributed by atoms with E-state index in [4.69, 9.17) is 16.1 Å². The number of rotatable bonds is 5. The largest absolute Gasteiger partial charge is 0.361 e. The number of piperazine rings is 1. The van der Waals surface area contributed by atoms with Crippen LogP contribution in [0.2, 0.25) is 5.02 Å². The molecule has 1 amide bonds. The molecule has 0 bridgehead atoms. The van der Waals surface area contributed by atoms with E-state index in [2.05, 4.69) is 10.1 Å². The zero-order chi connectivity index (χ0) is 17.8. The van der Waals surface area contributed by atoms with Crippen LogP contribution in [0.15, 0.2) is 34.9 Å². The van der Waals surface area contributed by atoms with Gasteiger partial charge in [0.15, 0.2) is 5.78 Å². The summed E-state index contributed by atoms with van der Waals surface area (Å²) in [7, 11) is 0. The molecule has 2 heterocycles. The van der Waals surface area contributed by atoms with Crippen molar-refractivity contribution in [3.63, 3.8) is 0 Å². The van der Waals surface area contributed by atoms with Gasteiger partial charge in [-0.25, -0.2) is 0 Å². The highest BCUT2D eigenvalue weighted by Gasteiger charge is 2.23. The molecule has 25 heavy (non-hydrogen) atoms. The van der Waals surface area contributed by atoms with Crippen LogP contribution >= 0.6 is 11.6 Å². The third-order valence-corrected chi connectivity index (χ3v) is 4.52. The number of hydrogen-bond acceptors (Lipinski definition) is 5. The smallest absolute Gasteiger partial charge is 0.228 e. The Hall–Kier alpha value is -2.18. The van der Waals surface area contributed by atoms with Gasteiger partial charge in [-0.15, -0.1) is 0 Å². The predicted octanol–water partition coefficient (Wildman–Crippen LogP) is 2.21. The van der Waals surface area contributed by atoms with Gasteiger partial charge in [-0.2, -0.15) is 0 Å². The fourth-order valence-corrected chi connectivity index (χ4v) is 2.98. The second-order valence-corrected chi connectivity index (χ2v) is 6.63. The number of Topliss-reactive ketones (excluding diaryl/α,β-unsaturated/α-hetero) is 1. The first-order valence-corrected chi connectivity index (χ1v) is 8.60. The normalized spacial score (nSPS) is 15.4. The molecule has 3 rings (SSSR count). The van der Waals surface area contributed by atoms with Crippen LogP contribution in [-0.2, 0) is 11.2 Å². The molecule has 1 aliphatic rings. The van der Waals surface area contributed by atoms with Gasteiger partial charge in [0.1, 0.15) is 5.76 Å². The topological polar surface area (TPSA) is 66.7 Å². The molecule has 6 nitrogen and oxygen atoms in total. The second-order valence-electron chi connectivity index (χ2n) is 6.19. The van der Waals surface area contributed by atoms with Crippen LogP contribution in [-0.4, -0.2) is 59.4 Å². The first-order valence-electron chi connectivity index (χ1n) is 8.22. The number of amides is 1. The summed E-state index contributed by atoms with van der Waals surface area (Å²) in [6, 6.07) is 8.70. The molecule has 132 valence electrons. The highest BCUT2D eigenvalue weighted by molar-refractivity contribution is 6.30. The van der Waals surface area contributed by atoms with Gasteiger partial charge >= 0.3 is 0 Å². The van der Waals surface area contributed by atoms with Crippen molar-refractivity contribution in [3.05, 3.63) is 52.4 Å². The van der Waals surface area contributed by atoms with Gasteiger partial charge in [0.2, 0.25) is 5.91 Å². The minimum atomic E-state index is 0.0389. The van der Waals surface area contributed by atoms with Crippen molar-refractivity contribution in [3.8, 4) is 0 Å². The fraction of sp³-hybridized carbons (Fsp3) is 0.389. The van der Waals surface area contributed by atoms with E-state index >= 15 is 0 Å². The second kappa shape index (κ2) is 7.80. The first-order chi connectivity index (χ1) is 12.0. The van der Waals surface area contributed by atoms with E-state index in [0.29, 0.717) is 54.8 Å². The van der Waals surface area contributed by atoms with Gasteiger partial charge in [0.25, 0.3) is 0 Å². The van der Waals surface area contributed by atoms with Crippen molar-refractivity contribution in [2.45, 2.75) is 13.3 Å². The monoisotopic (exact) mass is 361 g/mol. The molecule has 1 fully saturated rings. The third-order valence-electron chi connectivity index (χ3n) is 4.27. The lowest BCUT2D eigenvalue weighted by molar-refractivity contribution is -0.132. The zero-order valence-electron chi connectivity index (χ0n) is 14.1. The maximum Gasteiger partial charge on any atom is 0.228 e. The summed E-state index contributed by atoms with van der Waals surface area (Å²) < 4.78 is 4.99. The van der Waals surface area contributed by atoms with Crippen LogP contribution in [0.5, 0.6) is 0 Å². The minimum Gasteiger partial charge on any atom is -0.361 e. The Labute approximate surface area is 151 Å². The number of aromatic nitrogens is 1. The Morgan fingerprint density at radius 1 is 1.16 bits per heavy atom. The fourth-order valence-electron chi connectivity index (χ4n) is 2.85. The molecule has 0 atom stereocenters. The maximum atomic E-state index is 12.3. The van der Waals surface area contributed by atoms with Crippen LogP contribution in [0.1, 0.15) is 21.8 Å². The van der Waals surface area contributed by atoms with Crippen molar-refractivity contribution >= 4 is 23.3 Å². The number of carbonyl (C=O) groups is 2. The van der Waals surface area contributed by atoms with E-state index in [1.54, 1.807) is 37.3 Å². The molecule has 1 saturated heterocycles. The number of nitrogens with zero attached hydrogens (tertiary/aromatic N) is 3. The Morgan fingerprint density at radius 3 is 2.44 bits per heavy atom. The molecule has 0 N–H and O–H groups in total. The summed E-state index contributed by atoms with van der Waals surface area (Å²) in [5, 5.41) is 4.47. The van der Waals surface area contributed by atoms with Crippen LogP contribution in [0.3, 0.4) is 0 Å². The summed E-state index contributed by atoms with van der Waals surface area (Å²) in [6.45, 7) is 4.75. The average Bonchev–Trinajstić information content (AvgIpc) is 3.01. The molecule has 0 aliphatic carbocycles. The van der Waals surface area contributed by atoms with Crippen molar-refractivity contribution < 1.29 is 14.1 Å². The molecule has 1 aliphatic heterocycles. The predicted molar refractivity (Wildman–Crippen MR) is 93.7 cm³/mol. The van der Waals surface area contributed by atoms with Gasteiger partial charge < -0.3 is 9.42 Å². The van der Waals surface area contributed by atoms with E-state index in [-0.39, 0.29) is 18.1 Å². The lowest BCUT2D eigenvalue weighted by Crippen LogP contribution is -2.50. The van der Waals surface area contributed by atoms with E-state index in [1.807, 2.05) is 4.90 Å². The summed E-state index contributed by atoms with van der Waals surface area (Å²) in [5.41, 5.74) is 1.31. The number of hydrogen-bond donors (Lipinski definition) is 0. The number of benzene rings is 1. The Morgan fingerprint density at radius 2 is 1.84 bits per heavy atom. The van der Waals surface area contributed by atoms with Gasteiger partial charge in [-0.3, -0.25) is 14.5 Å². The Balaban J connectivity index is 1.47. The lowest BCUT2D eigenvalue weighted by Gasteiger charge is -2.34. The lowest BCUT2D eigenvalue weighted by atomic mass is 10.1. The highest BCUT2D eigenvalue weighted by atomic mass is 35.5. The molecule has 1 aromatic heterocycles. The molecule has 0 radical (unpaired) electrons. The molecule has 0 unspecified atom stereocenters. The quantitative estimate of drug-likeness (QED) is 0.764. The van der Waals surface area contributed by atoms with Gasteiger partial charge in [0, 0.05) is 42.8 Å². The van der Waals surface area contributed by atoms with Crippen LogP contribution in [0.4, 0.5) is 0 Å². The molecule has 7 heteroatoms. The average molecular weight is 362 g/mol. The maximum absolute atomic E-state index is 12.3. The van der Waals surface area contributed by atoms with E-state index in [9.17, 15) is 9.59 Å². The van der Waals surface area contributed by atoms with E-state index in [0.717, 1.165) is 0 Å². The summed E-state index contributed by atoms with van der Waals surface area (Å²) in [5.74, 6) is 0.805. The van der Waals surface area contributed by atoms with Crippen LogP contribution in [0, 0.1) is 6.92 Å². The SMILES string of the molecule is Cc1cc(CC(=O)N2CCN(CC(=O)c3ccc(Cl)cc3)CC2)no1. The number of aryl methyl sites for hydroxylation is 1. The minimum absolute atomic E-state index is 0.0389. The van der Waals surface area contributed by atoms with Gasteiger partial charge in [0.05, 0.1) is 18.7 Å². The van der Waals surface area contributed by atoms with E-state index in [1.165, 1.54) is 0 Å². The van der Waals surface area contributed by atoms with E-state index < -0.39 is 0 Å². The molecule has 1 aromatic carbocycles. The summed E-state index contributed by atoms with van der Waals surface area (Å²) >= 11 is 5.84. The number of halogens is 1. The first kappa shape index (κ1) is 17.6. The molecule has 0 spiro atoms. The Kier molecular flexibility index (Phi) is 5.50. The van der Waals surface area contributed by atoms with Crippen molar-refractivity contribution in [2.75, 3.05) is 32.7 Å². The van der Waals surface area contributed by atoms with Crippen molar-refractivity contribution in [1.29, 1.82) is 0 Å². The van der Waals surface area contributed by atoms with Crippen LogP contribution in [0.25, 0.3) is 0 Å². The molecular formula is C18H20ClN3O3. The van der Waals surface area contributed by atoms with Gasteiger partial charge in [-0.1, -0.05) is 16.8 Å². The van der Waals surface area contributed by atoms with Gasteiger partial charge in [-0.05, 0) is 31.2 Å². The highest BCUT2D eigenvalue weighted by Crippen LogP contribution is 2.12. The number of ketones is 1. The zero-order valence-corrected chi connectivity index (χ0v) is 14.8. The summed E-state index contributed by atoms with van der Waals surface area (Å²) in [6.07, 6.45) is 0.251. The molecular weight excluding hydrogens is 342 g/mol. The number of carbonyl (C=O) groups excluding carboxylic acids is 2. The standard InChI is InChI=1S/C18H20ClN3O3/c1-13-10-16(20-25-13)11-18(24)22-8-6-21(7-9-22)12-17(23)14-2-4-15(19)5-3-14/h2-5,10H,6-9,11-12H2,1H3.